The molecule has 0 fully saturated rings. The van der Waals surface area contributed by atoms with Crippen molar-refractivity contribution in [2.24, 2.45) is 0 Å². The van der Waals surface area contributed by atoms with Gasteiger partial charge in [-0.05, 0) is 36.3 Å². The van der Waals surface area contributed by atoms with E-state index in [-0.39, 0.29) is 29.7 Å². The largest absolute Gasteiger partial charge is 0.484 e. The third-order valence-corrected chi connectivity index (χ3v) is 3.67. The van der Waals surface area contributed by atoms with Crippen LogP contribution in [0.15, 0.2) is 54.6 Å². The minimum absolute atomic E-state index is 0.0784. The molecule has 0 atom stereocenters. The zero-order valence-corrected chi connectivity index (χ0v) is 15.5. The second kappa shape index (κ2) is 10.6. The average molecular weight is 402 g/mol. The fraction of sp³-hybridized carbons (Fsp3) is 0.167. The van der Waals surface area contributed by atoms with Gasteiger partial charge in [-0.1, -0.05) is 30.3 Å². The van der Waals surface area contributed by atoms with E-state index < -0.39 is 10.8 Å². The van der Waals surface area contributed by atoms with E-state index in [0.29, 0.717) is 12.2 Å². The fourth-order valence-electron chi connectivity index (χ4n) is 2.10. The van der Waals surface area contributed by atoms with Crippen molar-refractivity contribution in [3.63, 3.8) is 0 Å². The molecule has 28 heavy (non-hydrogen) atoms. The maximum atomic E-state index is 11.8. The molecule has 0 saturated carbocycles. The highest BCUT2D eigenvalue weighted by atomic mass is 32.1. The van der Waals surface area contributed by atoms with Crippen LogP contribution in [0.2, 0.25) is 0 Å². The topological polar surface area (TPSA) is 123 Å². The van der Waals surface area contributed by atoms with E-state index in [4.69, 9.17) is 17.0 Å². The van der Waals surface area contributed by atoms with Gasteiger partial charge in [0.2, 0.25) is 5.91 Å². The predicted octanol–water partition coefficient (Wildman–Crippen LogP) is 1.63. The molecule has 0 spiro atoms. The molecule has 0 radical (unpaired) electrons. The Hall–Kier alpha value is -3.53. The van der Waals surface area contributed by atoms with Crippen LogP contribution < -0.4 is 20.9 Å². The Morgan fingerprint density at radius 3 is 2.32 bits per heavy atom. The Morgan fingerprint density at radius 1 is 1.00 bits per heavy atom. The van der Waals surface area contributed by atoms with Crippen molar-refractivity contribution >= 4 is 34.8 Å². The summed E-state index contributed by atoms with van der Waals surface area (Å²) in [4.78, 5) is 33.6. The number of carbonyl (C=O) groups is 2. The molecule has 0 unspecified atom stereocenters. The minimum Gasteiger partial charge on any atom is -0.484 e. The molecular weight excluding hydrogens is 384 g/mol. The van der Waals surface area contributed by atoms with Gasteiger partial charge in [0.05, 0.1) is 4.92 Å². The minimum atomic E-state index is -0.547. The molecule has 9 nitrogen and oxygen atoms in total. The molecule has 2 aromatic carbocycles. The number of thiocarbonyl (C=S) groups is 1. The van der Waals surface area contributed by atoms with E-state index in [1.165, 1.54) is 24.3 Å². The predicted molar refractivity (Wildman–Crippen MR) is 105 cm³/mol. The number of amides is 2. The number of rotatable bonds is 7. The SMILES string of the molecule is O=C(CCc1ccccc1)NNC(=S)NC(=O)COc1ccc([N+](=O)[O-])cc1. The maximum absolute atomic E-state index is 11.8. The summed E-state index contributed by atoms with van der Waals surface area (Å²) in [5.74, 6) is -0.522. The second-order valence-corrected chi connectivity index (χ2v) is 5.98. The van der Waals surface area contributed by atoms with Crippen LogP contribution in [0.25, 0.3) is 0 Å². The van der Waals surface area contributed by atoms with Gasteiger partial charge in [-0.2, -0.15) is 0 Å². The van der Waals surface area contributed by atoms with Crippen molar-refractivity contribution in [1.29, 1.82) is 0 Å². The highest BCUT2D eigenvalue weighted by molar-refractivity contribution is 7.80. The van der Waals surface area contributed by atoms with Crippen LogP contribution >= 0.6 is 12.2 Å². The van der Waals surface area contributed by atoms with Crippen LogP contribution in [-0.4, -0.2) is 28.5 Å². The van der Waals surface area contributed by atoms with Crippen LogP contribution in [0.1, 0.15) is 12.0 Å². The van der Waals surface area contributed by atoms with E-state index in [2.05, 4.69) is 16.2 Å². The summed E-state index contributed by atoms with van der Waals surface area (Å²) >= 11 is 4.91. The summed E-state index contributed by atoms with van der Waals surface area (Å²) in [6.45, 7) is -0.346. The van der Waals surface area contributed by atoms with Gasteiger partial charge < -0.3 is 4.74 Å². The zero-order chi connectivity index (χ0) is 20.4. The number of non-ortho nitro benzene ring substituents is 1. The summed E-state index contributed by atoms with van der Waals surface area (Å²) in [6, 6.07) is 14.9. The number of hydrogen-bond acceptors (Lipinski definition) is 6. The Labute approximate surface area is 166 Å². The zero-order valence-electron chi connectivity index (χ0n) is 14.7. The van der Waals surface area contributed by atoms with Crippen molar-refractivity contribution in [1.82, 2.24) is 16.2 Å². The molecule has 0 aliphatic heterocycles. The molecule has 0 aromatic heterocycles. The highest BCUT2D eigenvalue weighted by Crippen LogP contribution is 2.16. The molecule has 0 aliphatic rings. The second-order valence-electron chi connectivity index (χ2n) is 5.58. The van der Waals surface area contributed by atoms with E-state index >= 15 is 0 Å². The number of nitrogens with zero attached hydrogens (tertiary/aromatic N) is 1. The van der Waals surface area contributed by atoms with Crippen LogP contribution in [0.3, 0.4) is 0 Å². The number of nitro benzene ring substituents is 1. The molecule has 2 rings (SSSR count). The van der Waals surface area contributed by atoms with Gasteiger partial charge in [-0.3, -0.25) is 35.9 Å². The Balaban J connectivity index is 1.64. The van der Waals surface area contributed by atoms with Crippen LogP contribution in [-0.2, 0) is 16.0 Å². The van der Waals surface area contributed by atoms with Crippen molar-refractivity contribution in [3.05, 3.63) is 70.3 Å². The van der Waals surface area contributed by atoms with Gasteiger partial charge in [0.1, 0.15) is 5.75 Å². The molecule has 0 heterocycles. The number of hydrogen-bond donors (Lipinski definition) is 3. The van der Waals surface area contributed by atoms with Gasteiger partial charge >= 0.3 is 0 Å². The van der Waals surface area contributed by atoms with E-state index in [1.807, 2.05) is 30.3 Å². The number of aryl methyl sites for hydroxylation is 1. The first-order valence-corrected chi connectivity index (χ1v) is 8.64. The maximum Gasteiger partial charge on any atom is 0.269 e. The summed E-state index contributed by atoms with van der Waals surface area (Å²) in [6.07, 6.45) is 0.841. The van der Waals surface area contributed by atoms with Crippen LogP contribution in [0, 0.1) is 10.1 Å². The Morgan fingerprint density at radius 2 is 1.68 bits per heavy atom. The number of carbonyl (C=O) groups excluding carboxylic acids is 2. The Bertz CT molecular complexity index is 843. The average Bonchev–Trinajstić information content (AvgIpc) is 2.70. The molecule has 2 aromatic rings. The quantitative estimate of drug-likeness (QED) is 0.365. The summed E-state index contributed by atoms with van der Waals surface area (Å²) in [7, 11) is 0. The van der Waals surface area contributed by atoms with Gasteiger partial charge in [0.15, 0.2) is 11.7 Å². The monoisotopic (exact) mass is 402 g/mol. The number of nitro groups is 1. The third-order valence-electron chi connectivity index (χ3n) is 3.47. The number of benzene rings is 2. The summed E-state index contributed by atoms with van der Waals surface area (Å²) in [5, 5.41) is 12.8. The molecule has 0 aliphatic carbocycles. The van der Waals surface area contributed by atoms with E-state index in [1.54, 1.807) is 0 Å². The first-order valence-electron chi connectivity index (χ1n) is 8.24. The van der Waals surface area contributed by atoms with Crippen LogP contribution in [0.5, 0.6) is 5.75 Å². The number of hydrazine groups is 1. The third kappa shape index (κ3) is 7.38. The van der Waals surface area contributed by atoms with Gasteiger partial charge in [-0.25, -0.2) is 0 Å². The van der Waals surface area contributed by atoms with E-state index in [0.717, 1.165) is 5.56 Å². The van der Waals surface area contributed by atoms with Gasteiger partial charge in [-0.15, -0.1) is 0 Å². The molecule has 2 amide bonds. The van der Waals surface area contributed by atoms with Gasteiger partial charge in [0.25, 0.3) is 11.6 Å². The fourth-order valence-corrected chi connectivity index (χ4v) is 2.26. The van der Waals surface area contributed by atoms with Crippen molar-refractivity contribution in [2.45, 2.75) is 12.8 Å². The van der Waals surface area contributed by atoms with Gasteiger partial charge in [0, 0.05) is 18.6 Å². The lowest BCUT2D eigenvalue weighted by Crippen LogP contribution is -2.49. The molecule has 146 valence electrons. The van der Waals surface area contributed by atoms with E-state index in [9.17, 15) is 19.7 Å². The van der Waals surface area contributed by atoms with Crippen molar-refractivity contribution in [2.75, 3.05) is 6.61 Å². The highest BCUT2D eigenvalue weighted by Gasteiger charge is 2.09. The number of ether oxygens (including phenoxy) is 1. The molecular formula is C18H18N4O5S. The first kappa shape index (κ1) is 20.8. The van der Waals surface area contributed by atoms with Crippen molar-refractivity contribution < 1.29 is 19.2 Å². The number of nitrogens with one attached hydrogen (secondary N) is 3. The Kier molecular flexibility index (Phi) is 7.85. The lowest BCUT2D eigenvalue weighted by molar-refractivity contribution is -0.384. The molecule has 10 heteroatoms. The first-order chi connectivity index (χ1) is 13.4. The lowest BCUT2D eigenvalue weighted by atomic mass is 10.1. The smallest absolute Gasteiger partial charge is 0.269 e. The molecule has 0 saturated heterocycles. The normalized spacial score (nSPS) is 9.86. The standard InChI is InChI=1S/C18H18N4O5S/c23-16(11-6-13-4-2-1-3-5-13)20-21-18(28)19-17(24)12-27-15-9-7-14(8-10-15)22(25)26/h1-5,7-10H,6,11-12H2,(H,20,23)(H2,19,21,24,28). The molecule has 0 bridgehead atoms. The summed E-state index contributed by atoms with van der Waals surface area (Å²) in [5.41, 5.74) is 5.80. The van der Waals surface area contributed by atoms with Crippen molar-refractivity contribution in [3.8, 4) is 5.75 Å². The summed E-state index contributed by atoms with van der Waals surface area (Å²) < 4.78 is 5.21. The molecule has 3 N–H and O–H groups in total. The lowest BCUT2D eigenvalue weighted by Gasteiger charge is -2.11. The van der Waals surface area contributed by atoms with Crippen LogP contribution in [0.4, 0.5) is 5.69 Å².